The van der Waals surface area contributed by atoms with Gasteiger partial charge in [0.15, 0.2) is 0 Å². The molecule has 0 amide bonds. The average molecular weight is 274 g/mol. The van der Waals surface area contributed by atoms with E-state index >= 15 is 0 Å². The molecule has 0 unspecified atom stereocenters. The molecular formula is C15H18N2O3. The minimum atomic E-state index is 0.116. The van der Waals surface area contributed by atoms with E-state index in [0.29, 0.717) is 24.1 Å². The highest BCUT2D eigenvalue weighted by atomic mass is 16.5. The minimum Gasteiger partial charge on any atom is -0.497 e. The lowest BCUT2D eigenvalue weighted by Gasteiger charge is -2.00. The lowest BCUT2D eigenvalue weighted by molar-refractivity contribution is -0.119. The van der Waals surface area contributed by atoms with Crippen molar-refractivity contribution in [1.29, 1.82) is 0 Å². The van der Waals surface area contributed by atoms with Crippen LogP contribution in [0, 0.1) is 5.92 Å². The van der Waals surface area contributed by atoms with Gasteiger partial charge in [0, 0.05) is 12.0 Å². The Labute approximate surface area is 118 Å². The molecule has 20 heavy (non-hydrogen) atoms. The Balaban J connectivity index is 2.06. The first-order valence-electron chi connectivity index (χ1n) is 6.57. The molecule has 2 aromatic rings. The summed E-state index contributed by atoms with van der Waals surface area (Å²) in [6, 6.07) is 7.36. The summed E-state index contributed by atoms with van der Waals surface area (Å²) >= 11 is 0. The Bertz CT molecular complexity index is 573. The van der Waals surface area contributed by atoms with Gasteiger partial charge in [-0.2, -0.15) is 4.98 Å². The molecule has 2 rings (SSSR count). The highest BCUT2D eigenvalue weighted by molar-refractivity contribution is 5.80. The van der Waals surface area contributed by atoms with Gasteiger partial charge in [-0.1, -0.05) is 19.0 Å². The number of aromatic nitrogens is 2. The summed E-state index contributed by atoms with van der Waals surface area (Å²) in [6.45, 7) is 4.02. The third kappa shape index (κ3) is 3.66. The highest BCUT2D eigenvalue weighted by Gasteiger charge is 2.13. The van der Waals surface area contributed by atoms with Crippen molar-refractivity contribution in [3.8, 4) is 17.1 Å². The number of ketones is 1. The summed E-state index contributed by atoms with van der Waals surface area (Å²) in [4.78, 5) is 16.0. The molecule has 1 aromatic heterocycles. The normalized spacial score (nSPS) is 10.8. The molecule has 1 heterocycles. The summed E-state index contributed by atoms with van der Waals surface area (Å²) in [7, 11) is 1.61. The molecule has 106 valence electrons. The number of hydrogen-bond acceptors (Lipinski definition) is 5. The second-order valence-electron chi connectivity index (χ2n) is 5.05. The first-order valence-corrected chi connectivity index (χ1v) is 6.57. The first kappa shape index (κ1) is 14.2. The van der Waals surface area contributed by atoms with Gasteiger partial charge in [0.25, 0.3) is 0 Å². The number of Topliss-reactive ketones (excluding diaryl/α,β-unsaturated/α-hetero) is 1. The van der Waals surface area contributed by atoms with Crippen LogP contribution in [0.3, 0.4) is 0 Å². The predicted octanol–water partition coefficient (Wildman–Crippen LogP) is 2.90. The number of benzene rings is 1. The third-order valence-corrected chi connectivity index (χ3v) is 2.80. The van der Waals surface area contributed by atoms with Crippen molar-refractivity contribution in [2.45, 2.75) is 26.7 Å². The monoisotopic (exact) mass is 274 g/mol. The van der Waals surface area contributed by atoms with Crippen molar-refractivity contribution in [1.82, 2.24) is 10.1 Å². The number of ether oxygens (including phenoxy) is 1. The first-order chi connectivity index (χ1) is 9.58. The fourth-order valence-electron chi connectivity index (χ4n) is 1.88. The van der Waals surface area contributed by atoms with Gasteiger partial charge >= 0.3 is 0 Å². The van der Waals surface area contributed by atoms with Gasteiger partial charge in [-0.25, -0.2) is 0 Å². The largest absolute Gasteiger partial charge is 0.497 e. The summed E-state index contributed by atoms with van der Waals surface area (Å²) < 4.78 is 10.2. The molecule has 0 aliphatic carbocycles. The van der Waals surface area contributed by atoms with E-state index in [1.54, 1.807) is 7.11 Å². The minimum absolute atomic E-state index is 0.116. The van der Waals surface area contributed by atoms with Gasteiger partial charge in [0.1, 0.15) is 11.5 Å². The molecule has 5 nitrogen and oxygen atoms in total. The molecule has 0 bridgehead atoms. The zero-order valence-corrected chi connectivity index (χ0v) is 11.9. The lowest BCUT2D eigenvalue weighted by atomic mass is 10.1. The summed E-state index contributed by atoms with van der Waals surface area (Å²) in [6.07, 6.45) is 0.724. The number of hydrogen-bond donors (Lipinski definition) is 0. The van der Waals surface area contributed by atoms with E-state index in [1.807, 2.05) is 38.1 Å². The third-order valence-electron chi connectivity index (χ3n) is 2.80. The van der Waals surface area contributed by atoms with Crippen LogP contribution in [0.25, 0.3) is 11.4 Å². The van der Waals surface area contributed by atoms with Crippen molar-refractivity contribution in [2.75, 3.05) is 7.11 Å². The van der Waals surface area contributed by atoms with Crippen molar-refractivity contribution in [3.05, 3.63) is 30.2 Å². The van der Waals surface area contributed by atoms with E-state index in [9.17, 15) is 4.79 Å². The molecule has 5 heteroatoms. The average Bonchev–Trinajstić information content (AvgIpc) is 2.86. The Hall–Kier alpha value is -2.17. The number of nitrogens with zero attached hydrogens (tertiary/aromatic N) is 2. The Kier molecular flexibility index (Phi) is 4.50. The second-order valence-corrected chi connectivity index (χ2v) is 5.05. The molecular weight excluding hydrogens is 256 g/mol. The molecule has 0 atom stereocenters. The van der Waals surface area contributed by atoms with E-state index in [4.69, 9.17) is 9.26 Å². The van der Waals surface area contributed by atoms with E-state index in [0.717, 1.165) is 11.3 Å². The van der Waals surface area contributed by atoms with Crippen LogP contribution in [-0.2, 0) is 11.2 Å². The van der Waals surface area contributed by atoms with Crippen molar-refractivity contribution in [3.63, 3.8) is 0 Å². The maximum Gasteiger partial charge on any atom is 0.234 e. The number of methoxy groups -OCH3 is 1. The summed E-state index contributed by atoms with van der Waals surface area (Å²) in [5, 5.41) is 3.89. The van der Waals surface area contributed by atoms with Crippen molar-refractivity contribution in [2.24, 2.45) is 5.92 Å². The van der Waals surface area contributed by atoms with Crippen LogP contribution in [0.15, 0.2) is 28.8 Å². The quantitative estimate of drug-likeness (QED) is 0.810. The van der Waals surface area contributed by atoms with E-state index in [2.05, 4.69) is 10.1 Å². The molecule has 0 fully saturated rings. The number of carbonyl (C=O) groups excluding carboxylic acids is 1. The smallest absolute Gasteiger partial charge is 0.234 e. The SMILES string of the molecule is COc1ccc(-c2noc(CC(=O)CC(C)C)n2)cc1. The molecule has 0 saturated heterocycles. The fraction of sp³-hybridized carbons (Fsp3) is 0.400. The highest BCUT2D eigenvalue weighted by Crippen LogP contribution is 2.20. The molecule has 0 spiro atoms. The van der Waals surface area contributed by atoms with Crippen LogP contribution in [0.5, 0.6) is 5.75 Å². The van der Waals surface area contributed by atoms with Crippen LogP contribution >= 0.6 is 0 Å². The van der Waals surface area contributed by atoms with Gasteiger partial charge in [0.05, 0.1) is 13.5 Å². The summed E-state index contributed by atoms with van der Waals surface area (Å²) in [5.74, 6) is 2.07. The zero-order valence-electron chi connectivity index (χ0n) is 11.9. The molecule has 0 N–H and O–H groups in total. The fourth-order valence-corrected chi connectivity index (χ4v) is 1.88. The molecule has 1 aromatic carbocycles. The van der Waals surface area contributed by atoms with Gasteiger partial charge in [-0.05, 0) is 30.2 Å². The van der Waals surface area contributed by atoms with Gasteiger partial charge in [-0.15, -0.1) is 0 Å². The molecule has 0 saturated carbocycles. The standard InChI is InChI=1S/C15H18N2O3/c1-10(2)8-12(18)9-14-16-15(17-20-14)11-4-6-13(19-3)7-5-11/h4-7,10H,8-9H2,1-3H3. The van der Waals surface area contributed by atoms with Crippen LogP contribution in [-0.4, -0.2) is 23.0 Å². The maximum absolute atomic E-state index is 11.7. The van der Waals surface area contributed by atoms with Crippen molar-refractivity contribution < 1.29 is 14.1 Å². The van der Waals surface area contributed by atoms with Gasteiger partial charge < -0.3 is 9.26 Å². The topological polar surface area (TPSA) is 65.2 Å². The van der Waals surface area contributed by atoms with Gasteiger partial charge in [-0.3, -0.25) is 4.79 Å². The van der Waals surface area contributed by atoms with Crippen molar-refractivity contribution >= 4 is 5.78 Å². The Morgan fingerprint density at radius 3 is 2.60 bits per heavy atom. The predicted molar refractivity (Wildman–Crippen MR) is 74.5 cm³/mol. The second kappa shape index (κ2) is 6.32. The Morgan fingerprint density at radius 1 is 1.30 bits per heavy atom. The molecule has 0 radical (unpaired) electrons. The molecule has 0 aliphatic heterocycles. The molecule has 0 aliphatic rings. The van der Waals surface area contributed by atoms with Crippen LogP contribution < -0.4 is 4.74 Å². The van der Waals surface area contributed by atoms with Crippen LogP contribution in [0.2, 0.25) is 0 Å². The maximum atomic E-state index is 11.7. The van der Waals surface area contributed by atoms with E-state index in [1.165, 1.54) is 0 Å². The van der Waals surface area contributed by atoms with E-state index in [-0.39, 0.29) is 12.2 Å². The zero-order chi connectivity index (χ0) is 14.5. The number of rotatable bonds is 6. The Morgan fingerprint density at radius 2 is 2.00 bits per heavy atom. The lowest BCUT2D eigenvalue weighted by Crippen LogP contribution is -2.06. The number of carbonyl (C=O) groups is 1. The summed E-state index contributed by atoms with van der Waals surface area (Å²) in [5.41, 5.74) is 0.831. The van der Waals surface area contributed by atoms with E-state index < -0.39 is 0 Å². The van der Waals surface area contributed by atoms with Crippen LogP contribution in [0.1, 0.15) is 26.2 Å². The van der Waals surface area contributed by atoms with Crippen LogP contribution in [0.4, 0.5) is 0 Å². The van der Waals surface area contributed by atoms with Gasteiger partial charge in [0.2, 0.25) is 11.7 Å².